The van der Waals surface area contributed by atoms with Crippen LogP contribution in [0.25, 0.3) is 0 Å². The lowest BCUT2D eigenvalue weighted by molar-refractivity contribution is -0.114. The number of carbonyl (C=O) groups is 2. The summed E-state index contributed by atoms with van der Waals surface area (Å²) in [5.74, 6) is 1.36. The maximum Gasteiger partial charge on any atom is 0.316 e. The van der Waals surface area contributed by atoms with Gasteiger partial charge in [-0.1, -0.05) is 147 Å². The molecule has 7 rings (SSSR count). The maximum absolute atomic E-state index is 12.4. The van der Waals surface area contributed by atoms with Gasteiger partial charge in [0.05, 0.1) is 36.0 Å². The van der Waals surface area contributed by atoms with Crippen LogP contribution < -0.4 is 37.9 Å². The Morgan fingerprint density at radius 3 is 0.979 bits per heavy atom. The van der Waals surface area contributed by atoms with E-state index in [1.54, 1.807) is 88.4 Å². The second kappa shape index (κ2) is 43.9. The number of phenolic OH excluding ortho intramolecular Hbond substituents is 8. The molecule has 2 amide bonds. The van der Waals surface area contributed by atoms with Gasteiger partial charge in [0, 0.05) is 36.8 Å². The molecular formula is C74H100N4O16S2. The van der Waals surface area contributed by atoms with Crippen molar-refractivity contribution in [2.45, 2.75) is 184 Å². The standard InChI is InChI=1S/C26H37NO4.C25H37NO5S.C14H15NO4S.C9H11NO3/c1-3-4-5-6-7-8-9-10-11-12-17-31-22-15-13-21(14-16-22)26(30)27-23-19-24(28)20(2)18-25(23)29;1-3-4-5-6-7-8-9-10-11-12-17-30-21-13-15-22(16-14-21)31-32(29)26-23-19-24(27)20(2)18-25(23)28;1-9-3-5-11(6-4-9)19-20(18)15-12-8-13(16)10(2)7-14(12)17;1-5-3-9(13)7(4-8(5)12)10-6(2)11/h13-16,18-19,28-29H,3-12,17H2,1-2H3,(H,27,30);13-16,18-19,26-28H,3-12,17H2,1-2H3;3-8,15-17H,1-2H3;3-4,12-13H,1-2H3,(H,10,11). The quantitative estimate of drug-likeness (QED) is 0.00998. The summed E-state index contributed by atoms with van der Waals surface area (Å²) in [5.41, 5.74) is 4.33. The number of phenols is 8. The van der Waals surface area contributed by atoms with Crippen LogP contribution in [-0.2, 0) is 27.3 Å². The van der Waals surface area contributed by atoms with Crippen LogP contribution in [0.2, 0.25) is 0 Å². The summed E-state index contributed by atoms with van der Waals surface area (Å²) < 4.78 is 51.0. The lowest BCUT2D eigenvalue weighted by Crippen LogP contribution is -2.12. The van der Waals surface area contributed by atoms with Crippen molar-refractivity contribution in [3.05, 3.63) is 155 Å². The van der Waals surface area contributed by atoms with Crippen molar-refractivity contribution < 1.29 is 76.7 Å². The number of rotatable bonds is 35. The largest absolute Gasteiger partial charge is 0.508 e. The molecule has 0 saturated carbocycles. The number of nitrogens with one attached hydrogen (secondary N) is 4. The van der Waals surface area contributed by atoms with Gasteiger partial charge < -0.3 is 69.3 Å². The van der Waals surface area contributed by atoms with E-state index in [1.807, 2.05) is 19.1 Å². The van der Waals surface area contributed by atoms with Gasteiger partial charge in [0.15, 0.2) is 0 Å². The minimum Gasteiger partial charge on any atom is -0.508 e. The number of amides is 2. The monoisotopic (exact) mass is 1360 g/mol. The van der Waals surface area contributed by atoms with Gasteiger partial charge in [-0.15, -0.1) is 0 Å². The van der Waals surface area contributed by atoms with Gasteiger partial charge in [0.2, 0.25) is 5.91 Å². The molecule has 7 aromatic rings. The van der Waals surface area contributed by atoms with E-state index in [9.17, 15) is 58.9 Å². The highest BCUT2D eigenvalue weighted by atomic mass is 32.2. The highest BCUT2D eigenvalue weighted by Crippen LogP contribution is 2.35. The van der Waals surface area contributed by atoms with Crippen molar-refractivity contribution in [1.29, 1.82) is 0 Å². The Hall–Kier alpha value is -9.02. The minimum absolute atomic E-state index is 0.00219. The maximum atomic E-state index is 12.4. The summed E-state index contributed by atoms with van der Waals surface area (Å²) >= 11 is -3.80. The van der Waals surface area contributed by atoms with Crippen molar-refractivity contribution in [2.75, 3.05) is 33.3 Å². The van der Waals surface area contributed by atoms with Gasteiger partial charge in [0.1, 0.15) is 69.0 Å². The van der Waals surface area contributed by atoms with E-state index in [0.29, 0.717) is 52.5 Å². The molecule has 0 heterocycles. The van der Waals surface area contributed by atoms with Gasteiger partial charge in [-0.3, -0.25) is 19.0 Å². The van der Waals surface area contributed by atoms with Crippen LogP contribution in [0.15, 0.2) is 121 Å². The molecule has 0 aliphatic carbocycles. The zero-order valence-electron chi connectivity index (χ0n) is 56.8. The number of hydrogen-bond donors (Lipinski definition) is 12. The van der Waals surface area contributed by atoms with E-state index < -0.39 is 22.5 Å². The van der Waals surface area contributed by atoms with Crippen molar-refractivity contribution in [3.8, 4) is 69.0 Å². The first kappa shape index (κ1) is 79.4. The number of benzene rings is 7. The van der Waals surface area contributed by atoms with Gasteiger partial charge in [-0.25, -0.2) is 0 Å². The molecule has 22 heteroatoms. The lowest BCUT2D eigenvalue weighted by Gasteiger charge is -2.11. The Morgan fingerprint density at radius 2 is 0.635 bits per heavy atom. The third-order valence-corrected chi connectivity index (χ3v) is 16.5. The van der Waals surface area contributed by atoms with Crippen LogP contribution in [0.3, 0.4) is 0 Å². The van der Waals surface area contributed by atoms with E-state index in [0.717, 1.165) is 29.9 Å². The molecule has 0 aliphatic heterocycles. The molecule has 0 saturated heterocycles. The Labute approximate surface area is 571 Å². The third-order valence-electron chi connectivity index (χ3n) is 15.0. The molecule has 20 nitrogen and oxygen atoms in total. The van der Waals surface area contributed by atoms with E-state index in [4.69, 9.17) is 17.8 Å². The van der Waals surface area contributed by atoms with Crippen molar-refractivity contribution in [2.24, 2.45) is 0 Å². The number of unbranched alkanes of at least 4 members (excludes halogenated alkanes) is 18. The predicted octanol–water partition coefficient (Wildman–Crippen LogP) is 17.9. The summed E-state index contributed by atoms with van der Waals surface area (Å²) in [6, 6.07) is 31.7. The van der Waals surface area contributed by atoms with Crippen LogP contribution in [0.4, 0.5) is 22.7 Å². The van der Waals surface area contributed by atoms with E-state index in [-0.39, 0.29) is 80.6 Å². The summed E-state index contributed by atoms with van der Waals surface area (Å²) in [7, 11) is 0. The number of aromatic hydroxyl groups is 8. The Morgan fingerprint density at radius 1 is 0.354 bits per heavy atom. The fraction of sp³-hybridized carbons (Fsp3) is 0.405. The van der Waals surface area contributed by atoms with E-state index in [1.165, 1.54) is 171 Å². The molecule has 0 bridgehead atoms. The molecule has 7 aromatic carbocycles. The fourth-order valence-electron chi connectivity index (χ4n) is 9.32. The molecule has 2 unspecified atom stereocenters. The number of aryl methyl sites for hydroxylation is 5. The minimum atomic E-state index is -1.93. The number of carbonyl (C=O) groups excluding carboxylic acids is 2. The third kappa shape index (κ3) is 31.0. The zero-order chi connectivity index (χ0) is 70.4. The van der Waals surface area contributed by atoms with Crippen LogP contribution >= 0.6 is 0 Å². The van der Waals surface area contributed by atoms with Crippen LogP contribution in [0.1, 0.15) is 187 Å². The Balaban J connectivity index is 0.000000285. The average Bonchev–Trinajstić information content (AvgIpc) is 0.897. The highest BCUT2D eigenvalue weighted by Gasteiger charge is 2.15. The van der Waals surface area contributed by atoms with Crippen molar-refractivity contribution in [3.63, 3.8) is 0 Å². The van der Waals surface area contributed by atoms with Crippen LogP contribution in [-0.4, -0.2) is 74.3 Å². The molecule has 0 spiro atoms. The smallest absolute Gasteiger partial charge is 0.316 e. The molecule has 0 aliphatic rings. The highest BCUT2D eigenvalue weighted by molar-refractivity contribution is 7.82. The Kier molecular flexibility index (Phi) is 36.3. The molecule has 2 atom stereocenters. The van der Waals surface area contributed by atoms with Crippen molar-refractivity contribution in [1.82, 2.24) is 0 Å². The topological polar surface area (TPSA) is 315 Å². The first-order valence-electron chi connectivity index (χ1n) is 32.9. The molecular weight excluding hydrogens is 1260 g/mol. The molecule has 0 aromatic heterocycles. The van der Waals surface area contributed by atoms with Gasteiger partial charge in [-0.05, 0) is 155 Å². The number of anilines is 4. The van der Waals surface area contributed by atoms with E-state index in [2.05, 4.69) is 33.9 Å². The predicted molar refractivity (Wildman–Crippen MR) is 384 cm³/mol. The van der Waals surface area contributed by atoms with Gasteiger partial charge >= 0.3 is 22.5 Å². The molecule has 12 N–H and O–H groups in total. The fourth-order valence-corrected chi connectivity index (χ4v) is 10.7. The van der Waals surface area contributed by atoms with Gasteiger partial charge in [0.25, 0.3) is 5.91 Å². The zero-order valence-corrected chi connectivity index (χ0v) is 58.4. The molecule has 524 valence electrons. The van der Waals surface area contributed by atoms with Crippen LogP contribution in [0.5, 0.6) is 69.0 Å². The molecule has 96 heavy (non-hydrogen) atoms. The number of hydrogen-bond acceptors (Lipinski definition) is 16. The number of ether oxygens (including phenoxy) is 2. The Bertz CT molecular complexity index is 3520. The van der Waals surface area contributed by atoms with Crippen molar-refractivity contribution >= 4 is 57.1 Å². The second-order valence-corrected chi connectivity index (χ2v) is 25.1. The SMILES string of the molecule is CC(=O)Nc1cc(O)c(C)cc1O.CCCCCCCCCCCCOc1ccc(C(=O)Nc2cc(O)c(C)cc2O)cc1.CCCCCCCCCCCCOc1ccc(OS(=O)Nc2cc(O)c(C)cc2O)cc1.Cc1ccc(OS(=O)Nc2cc(O)c(C)cc2O)cc1. The van der Waals surface area contributed by atoms with Crippen LogP contribution in [0, 0.1) is 34.6 Å². The lowest BCUT2D eigenvalue weighted by atomic mass is 10.1. The second-order valence-electron chi connectivity index (χ2n) is 23.5. The summed E-state index contributed by atoms with van der Waals surface area (Å²) in [5, 5.41) is 82.2. The first-order chi connectivity index (χ1) is 46.0. The average molecular weight is 1370 g/mol. The first-order valence-corrected chi connectivity index (χ1v) is 35.1. The normalized spacial score (nSPS) is 11.2. The summed E-state index contributed by atoms with van der Waals surface area (Å²) in [6.07, 6.45) is 25.8. The van der Waals surface area contributed by atoms with E-state index >= 15 is 0 Å². The summed E-state index contributed by atoms with van der Waals surface area (Å²) in [6.45, 7) is 15.8. The molecule has 0 radical (unpaired) electrons. The van der Waals surface area contributed by atoms with Gasteiger partial charge in [-0.2, -0.15) is 8.42 Å². The molecule has 0 fully saturated rings. The summed E-state index contributed by atoms with van der Waals surface area (Å²) in [4.78, 5) is 23.0.